The van der Waals surface area contributed by atoms with Gasteiger partial charge in [0, 0.05) is 4.88 Å². The number of anilines is 1. The molecule has 0 aliphatic rings. The van der Waals surface area contributed by atoms with Crippen LogP contribution in [-0.4, -0.2) is 4.98 Å². The fourth-order valence-corrected chi connectivity index (χ4v) is 3.24. The van der Waals surface area contributed by atoms with Gasteiger partial charge in [0.2, 0.25) is 0 Å². The molecule has 0 fully saturated rings. The minimum atomic E-state index is 0.923. The molecule has 0 radical (unpaired) electrons. The second-order valence-electron chi connectivity index (χ2n) is 2.67. The molecule has 2 N–H and O–H groups in total. The monoisotopic (exact) mass is 198 g/mol. The van der Waals surface area contributed by atoms with E-state index in [2.05, 4.69) is 11.9 Å². The smallest absolute Gasteiger partial charge is 0.137 e. The lowest BCUT2D eigenvalue weighted by Gasteiger charge is -1.86. The predicted octanol–water partition coefficient (Wildman–Crippen LogP) is 2.81. The first-order valence-electron chi connectivity index (χ1n) is 3.86. The molecule has 12 heavy (non-hydrogen) atoms. The second kappa shape index (κ2) is 2.71. The molecule has 2 heterocycles. The molecule has 0 amide bonds. The van der Waals surface area contributed by atoms with Crippen LogP contribution >= 0.6 is 22.7 Å². The Labute approximate surface area is 79.0 Å². The topological polar surface area (TPSA) is 38.9 Å². The summed E-state index contributed by atoms with van der Waals surface area (Å²) in [6, 6.07) is 0. The van der Waals surface area contributed by atoms with E-state index in [0.29, 0.717) is 0 Å². The quantitative estimate of drug-likeness (QED) is 0.765. The lowest BCUT2D eigenvalue weighted by molar-refractivity contribution is 1.11. The molecule has 0 unspecified atom stereocenters. The molecule has 2 aromatic rings. The Hall–Kier alpha value is -0.610. The molecule has 0 atom stereocenters. The Morgan fingerprint density at radius 2 is 2.17 bits per heavy atom. The number of aromatic nitrogens is 1. The Morgan fingerprint density at radius 3 is 2.75 bits per heavy atom. The van der Waals surface area contributed by atoms with Gasteiger partial charge in [-0.15, -0.1) is 22.7 Å². The maximum absolute atomic E-state index is 5.89. The Bertz CT molecular complexity index is 414. The SMILES string of the molecule is CCc1nc2sc(C)c(N)c2s1. The molecule has 2 nitrogen and oxygen atoms in total. The summed E-state index contributed by atoms with van der Waals surface area (Å²) in [5, 5.41) is 1.18. The van der Waals surface area contributed by atoms with Gasteiger partial charge in [-0.05, 0) is 13.3 Å². The van der Waals surface area contributed by atoms with Gasteiger partial charge in [-0.3, -0.25) is 0 Å². The van der Waals surface area contributed by atoms with Gasteiger partial charge in [-0.1, -0.05) is 6.92 Å². The van der Waals surface area contributed by atoms with Crippen molar-refractivity contribution in [3.8, 4) is 0 Å². The fraction of sp³-hybridized carbons (Fsp3) is 0.375. The van der Waals surface area contributed by atoms with Crippen LogP contribution in [-0.2, 0) is 6.42 Å². The second-order valence-corrected chi connectivity index (χ2v) is 4.95. The first-order valence-corrected chi connectivity index (χ1v) is 5.50. The highest BCUT2D eigenvalue weighted by Crippen LogP contribution is 2.36. The van der Waals surface area contributed by atoms with E-state index in [0.717, 1.165) is 16.9 Å². The van der Waals surface area contributed by atoms with E-state index >= 15 is 0 Å². The van der Waals surface area contributed by atoms with Gasteiger partial charge in [-0.2, -0.15) is 0 Å². The van der Waals surface area contributed by atoms with Gasteiger partial charge in [0.05, 0.1) is 15.4 Å². The van der Waals surface area contributed by atoms with Crippen LogP contribution in [0.2, 0.25) is 0 Å². The largest absolute Gasteiger partial charge is 0.397 e. The van der Waals surface area contributed by atoms with Gasteiger partial charge in [-0.25, -0.2) is 4.98 Å². The Kier molecular flexibility index (Phi) is 1.81. The van der Waals surface area contributed by atoms with Crippen LogP contribution in [0.3, 0.4) is 0 Å². The molecule has 2 aromatic heterocycles. The molecular formula is C8H10N2S2. The van der Waals surface area contributed by atoms with Crippen LogP contribution in [0.25, 0.3) is 9.53 Å². The molecule has 0 spiro atoms. The zero-order valence-corrected chi connectivity index (χ0v) is 8.68. The summed E-state index contributed by atoms with van der Waals surface area (Å²) >= 11 is 3.41. The zero-order valence-electron chi connectivity index (χ0n) is 7.05. The van der Waals surface area contributed by atoms with E-state index in [-0.39, 0.29) is 0 Å². The van der Waals surface area contributed by atoms with Crippen molar-refractivity contribution < 1.29 is 0 Å². The third-order valence-electron chi connectivity index (χ3n) is 1.82. The van der Waals surface area contributed by atoms with Gasteiger partial charge in [0.25, 0.3) is 0 Å². The minimum absolute atomic E-state index is 0.923. The zero-order chi connectivity index (χ0) is 8.72. The lowest BCUT2D eigenvalue weighted by atomic mass is 10.4. The number of aryl methyl sites for hydroxylation is 2. The molecular weight excluding hydrogens is 188 g/mol. The normalized spacial score (nSPS) is 11.2. The summed E-state index contributed by atoms with van der Waals surface area (Å²) in [5.74, 6) is 0. The first kappa shape index (κ1) is 8.01. The number of nitrogen functional groups attached to an aromatic ring is 1. The molecule has 0 saturated carbocycles. The van der Waals surface area contributed by atoms with Crippen molar-refractivity contribution in [3.05, 3.63) is 9.88 Å². The van der Waals surface area contributed by atoms with Crippen LogP contribution in [0, 0.1) is 6.92 Å². The minimum Gasteiger partial charge on any atom is -0.397 e. The Morgan fingerprint density at radius 1 is 1.42 bits per heavy atom. The average molecular weight is 198 g/mol. The van der Waals surface area contributed by atoms with Crippen LogP contribution in [0.1, 0.15) is 16.8 Å². The number of nitrogens with zero attached hydrogens (tertiary/aromatic N) is 1. The van der Waals surface area contributed by atoms with E-state index in [1.54, 1.807) is 22.7 Å². The molecule has 2 rings (SSSR count). The van der Waals surface area contributed by atoms with Crippen molar-refractivity contribution in [1.82, 2.24) is 4.98 Å². The van der Waals surface area contributed by atoms with Crippen molar-refractivity contribution in [1.29, 1.82) is 0 Å². The van der Waals surface area contributed by atoms with E-state index in [4.69, 9.17) is 5.73 Å². The number of rotatable bonds is 1. The van der Waals surface area contributed by atoms with E-state index < -0.39 is 0 Å². The number of thiazole rings is 1. The highest BCUT2D eigenvalue weighted by Gasteiger charge is 2.10. The maximum Gasteiger partial charge on any atom is 0.137 e. The van der Waals surface area contributed by atoms with E-state index in [1.165, 1.54) is 14.6 Å². The van der Waals surface area contributed by atoms with Crippen molar-refractivity contribution in [2.45, 2.75) is 20.3 Å². The summed E-state index contributed by atoms with van der Waals surface area (Å²) in [6.07, 6.45) is 1.00. The molecule has 0 aliphatic carbocycles. The summed E-state index contributed by atoms with van der Waals surface area (Å²) in [7, 11) is 0. The molecule has 0 bridgehead atoms. The van der Waals surface area contributed by atoms with Gasteiger partial charge in [0.15, 0.2) is 0 Å². The number of hydrogen-bond donors (Lipinski definition) is 1. The van der Waals surface area contributed by atoms with Gasteiger partial charge < -0.3 is 5.73 Å². The number of nitrogens with two attached hydrogens (primary N) is 1. The lowest BCUT2D eigenvalue weighted by Crippen LogP contribution is -1.81. The molecule has 0 saturated heterocycles. The van der Waals surface area contributed by atoms with Crippen molar-refractivity contribution in [2.24, 2.45) is 0 Å². The van der Waals surface area contributed by atoms with Crippen LogP contribution in [0.15, 0.2) is 0 Å². The highest BCUT2D eigenvalue weighted by atomic mass is 32.1. The van der Waals surface area contributed by atoms with Crippen molar-refractivity contribution in [3.63, 3.8) is 0 Å². The average Bonchev–Trinajstić information content (AvgIpc) is 2.55. The molecule has 0 aliphatic heterocycles. The van der Waals surface area contributed by atoms with Crippen molar-refractivity contribution >= 4 is 37.9 Å². The fourth-order valence-electron chi connectivity index (χ4n) is 1.10. The molecule has 4 heteroatoms. The van der Waals surface area contributed by atoms with Gasteiger partial charge in [0.1, 0.15) is 4.83 Å². The van der Waals surface area contributed by atoms with Crippen LogP contribution in [0.4, 0.5) is 5.69 Å². The number of fused-ring (bicyclic) bond motifs is 1. The number of hydrogen-bond acceptors (Lipinski definition) is 4. The third kappa shape index (κ3) is 1.03. The van der Waals surface area contributed by atoms with Crippen LogP contribution in [0.5, 0.6) is 0 Å². The predicted molar refractivity (Wildman–Crippen MR) is 56.0 cm³/mol. The van der Waals surface area contributed by atoms with Crippen LogP contribution < -0.4 is 5.73 Å². The number of thiophene rings is 1. The summed E-state index contributed by atoms with van der Waals surface area (Å²) in [6.45, 7) is 4.16. The summed E-state index contributed by atoms with van der Waals surface area (Å²) in [4.78, 5) is 6.76. The van der Waals surface area contributed by atoms with Gasteiger partial charge >= 0.3 is 0 Å². The maximum atomic E-state index is 5.89. The van der Waals surface area contributed by atoms with E-state index in [1.807, 2.05) is 6.92 Å². The Balaban J connectivity index is 2.71. The summed E-state index contributed by atoms with van der Waals surface area (Å²) < 4.78 is 1.18. The third-order valence-corrected chi connectivity index (χ3v) is 4.19. The summed E-state index contributed by atoms with van der Waals surface area (Å²) in [5.41, 5.74) is 6.81. The van der Waals surface area contributed by atoms with Crippen molar-refractivity contribution in [2.75, 3.05) is 5.73 Å². The standard InChI is InChI=1S/C8H10N2S2/c1-3-5-10-8-7(12-5)6(9)4(2)11-8/h3,9H2,1-2H3. The molecule has 64 valence electrons. The van der Waals surface area contributed by atoms with E-state index in [9.17, 15) is 0 Å². The first-order chi connectivity index (χ1) is 5.72. The molecule has 0 aromatic carbocycles. The highest BCUT2D eigenvalue weighted by molar-refractivity contribution is 7.28.